The molecule has 1 aromatic heterocycles. The summed E-state index contributed by atoms with van der Waals surface area (Å²) in [5.74, 6) is -1.11. The Bertz CT molecular complexity index is 621. The third-order valence-electron chi connectivity index (χ3n) is 2.76. The maximum atomic E-state index is 12.2. The van der Waals surface area contributed by atoms with E-state index in [2.05, 4.69) is 9.71 Å². The van der Waals surface area contributed by atoms with Gasteiger partial charge in [0, 0.05) is 24.0 Å². The lowest BCUT2D eigenvalue weighted by atomic mass is 10.0. The number of rotatable bonds is 6. The number of aromatic nitrogens is 1. The van der Waals surface area contributed by atoms with E-state index in [0.29, 0.717) is 12.0 Å². The highest BCUT2D eigenvalue weighted by molar-refractivity contribution is 7.89. The summed E-state index contributed by atoms with van der Waals surface area (Å²) < 4.78 is 27.0. The number of hydrogen-bond donors (Lipinski definition) is 2. The molecule has 0 fully saturated rings. The highest BCUT2D eigenvalue weighted by atomic mass is 32.2. The average molecular weight is 298 g/mol. The molecule has 0 atom stereocenters. The summed E-state index contributed by atoms with van der Waals surface area (Å²) in [7, 11) is -3.68. The second-order valence-electron chi connectivity index (χ2n) is 4.97. The molecule has 110 valence electrons. The molecule has 0 amide bonds. The van der Waals surface area contributed by atoms with E-state index in [-0.39, 0.29) is 4.90 Å². The number of carbonyl (C=O) groups is 1. The lowest BCUT2D eigenvalue weighted by Crippen LogP contribution is -2.42. The maximum absolute atomic E-state index is 12.2. The average Bonchev–Trinajstić information content (AvgIpc) is 2.35. The molecule has 0 radical (unpaired) electrons. The SMILES string of the molecule is CCC(C)(C)NS(=O)(=O)c1cncc(C=CC(=O)O)c1. The molecule has 0 aliphatic carbocycles. The van der Waals surface area contributed by atoms with Crippen LogP contribution in [0.4, 0.5) is 0 Å². The van der Waals surface area contributed by atoms with E-state index in [1.807, 2.05) is 6.92 Å². The van der Waals surface area contributed by atoms with E-state index in [9.17, 15) is 13.2 Å². The van der Waals surface area contributed by atoms with Gasteiger partial charge in [-0.3, -0.25) is 4.98 Å². The molecule has 7 heteroatoms. The third-order valence-corrected chi connectivity index (χ3v) is 4.42. The highest BCUT2D eigenvalue weighted by Crippen LogP contribution is 2.16. The van der Waals surface area contributed by atoms with E-state index in [1.165, 1.54) is 24.5 Å². The number of hydrogen-bond acceptors (Lipinski definition) is 4. The minimum Gasteiger partial charge on any atom is -0.478 e. The Balaban J connectivity index is 3.08. The van der Waals surface area contributed by atoms with Crippen molar-refractivity contribution in [2.24, 2.45) is 0 Å². The van der Waals surface area contributed by atoms with Crippen LogP contribution in [-0.2, 0) is 14.8 Å². The van der Waals surface area contributed by atoms with Crippen molar-refractivity contribution in [3.05, 3.63) is 30.1 Å². The number of pyridine rings is 1. The second kappa shape index (κ2) is 6.15. The van der Waals surface area contributed by atoms with Crippen LogP contribution in [0.1, 0.15) is 32.8 Å². The molecular weight excluding hydrogens is 280 g/mol. The van der Waals surface area contributed by atoms with Crippen LogP contribution in [0, 0.1) is 0 Å². The first kappa shape index (κ1) is 16.3. The fraction of sp³-hybridized carbons (Fsp3) is 0.385. The Kier molecular flexibility index (Phi) is 5.02. The van der Waals surface area contributed by atoms with Gasteiger partial charge in [0.25, 0.3) is 0 Å². The Morgan fingerprint density at radius 1 is 1.45 bits per heavy atom. The first-order chi connectivity index (χ1) is 9.16. The van der Waals surface area contributed by atoms with Crippen LogP contribution >= 0.6 is 0 Å². The molecular formula is C13H18N2O4S. The predicted molar refractivity (Wildman–Crippen MR) is 75.6 cm³/mol. The van der Waals surface area contributed by atoms with Crippen molar-refractivity contribution in [1.29, 1.82) is 0 Å². The van der Waals surface area contributed by atoms with Crippen LogP contribution < -0.4 is 4.72 Å². The summed E-state index contributed by atoms with van der Waals surface area (Å²) in [6.07, 6.45) is 5.48. The van der Waals surface area contributed by atoms with Crippen molar-refractivity contribution >= 4 is 22.1 Å². The standard InChI is InChI=1S/C13H18N2O4S/c1-4-13(2,3)15-20(18,19)11-7-10(8-14-9-11)5-6-12(16)17/h5-9,15H,4H2,1-3H3,(H,16,17). The van der Waals surface area contributed by atoms with E-state index in [4.69, 9.17) is 5.11 Å². The molecule has 1 heterocycles. The number of nitrogens with one attached hydrogen (secondary N) is 1. The predicted octanol–water partition coefficient (Wildman–Crippen LogP) is 1.65. The van der Waals surface area contributed by atoms with Gasteiger partial charge in [-0.05, 0) is 38.0 Å². The third kappa shape index (κ3) is 4.75. The van der Waals surface area contributed by atoms with Crippen LogP contribution in [0.2, 0.25) is 0 Å². The van der Waals surface area contributed by atoms with Gasteiger partial charge in [-0.1, -0.05) is 6.92 Å². The van der Waals surface area contributed by atoms with Crippen molar-refractivity contribution < 1.29 is 18.3 Å². The van der Waals surface area contributed by atoms with Gasteiger partial charge in [0.2, 0.25) is 10.0 Å². The smallest absolute Gasteiger partial charge is 0.328 e. The zero-order valence-corrected chi connectivity index (χ0v) is 12.4. The summed E-state index contributed by atoms with van der Waals surface area (Å²) in [6.45, 7) is 5.45. The summed E-state index contributed by atoms with van der Waals surface area (Å²) in [4.78, 5) is 14.3. The van der Waals surface area contributed by atoms with Crippen molar-refractivity contribution in [1.82, 2.24) is 9.71 Å². The van der Waals surface area contributed by atoms with Crippen molar-refractivity contribution in [2.45, 2.75) is 37.6 Å². The summed E-state index contributed by atoms with van der Waals surface area (Å²) >= 11 is 0. The molecule has 20 heavy (non-hydrogen) atoms. The number of aliphatic carboxylic acids is 1. The van der Waals surface area contributed by atoms with Gasteiger partial charge in [0.05, 0.1) is 0 Å². The Hall–Kier alpha value is -1.73. The fourth-order valence-electron chi connectivity index (χ4n) is 1.34. The quantitative estimate of drug-likeness (QED) is 0.778. The molecule has 1 aromatic rings. The first-order valence-corrected chi connectivity index (χ1v) is 7.54. The lowest BCUT2D eigenvalue weighted by molar-refractivity contribution is -0.131. The normalized spacial score (nSPS) is 12.8. The minimum absolute atomic E-state index is 0.00608. The van der Waals surface area contributed by atoms with Gasteiger partial charge in [-0.25, -0.2) is 17.9 Å². The Morgan fingerprint density at radius 2 is 2.10 bits per heavy atom. The van der Waals surface area contributed by atoms with Crippen LogP contribution in [-0.4, -0.2) is 30.0 Å². The second-order valence-corrected chi connectivity index (χ2v) is 6.65. The van der Waals surface area contributed by atoms with E-state index in [0.717, 1.165) is 6.08 Å². The van der Waals surface area contributed by atoms with Crippen LogP contribution in [0.25, 0.3) is 6.08 Å². The number of sulfonamides is 1. The summed E-state index contributed by atoms with van der Waals surface area (Å²) in [5.41, 5.74) is -0.157. The Labute approximate surface area is 118 Å². The Morgan fingerprint density at radius 3 is 2.65 bits per heavy atom. The first-order valence-electron chi connectivity index (χ1n) is 6.06. The highest BCUT2D eigenvalue weighted by Gasteiger charge is 2.24. The zero-order chi connectivity index (χ0) is 15.4. The molecule has 0 saturated heterocycles. The van der Waals surface area contributed by atoms with E-state index in [1.54, 1.807) is 13.8 Å². The molecule has 0 bridgehead atoms. The minimum atomic E-state index is -3.68. The molecule has 0 aliphatic heterocycles. The molecule has 0 unspecified atom stereocenters. The number of carboxylic acid groups (broad SMARTS) is 1. The van der Waals surface area contributed by atoms with Gasteiger partial charge in [-0.2, -0.15) is 0 Å². The largest absolute Gasteiger partial charge is 0.478 e. The monoisotopic (exact) mass is 298 g/mol. The van der Waals surface area contributed by atoms with Crippen LogP contribution in [0.5, 0.6) is 0 Å². The van der Waals surface area contributed by atoms with Gasteiger partial charge in [-0.15, -0.1) is 0 Å². The molecule has 0 spiro atoms. The topological polar surface area (TPSA) is 96.4 Å². The van der Waals surface area contributed by atoms with Crippen molar-refractivity contribution in [2.75, 3.05) is 0 Å². The molecule has 1 rings (SSSR count). The zero-order valence-electron chi connectivity index (χ0n) is 11.6. The molecule has 0 aromatic carbocycles. The molecule has 0 saturated carbocycles. The maximum Gasteiger partial charge on any atom is 0.328 e. The summed E-state index contributed by atoms with van der Waals surface area (Å²) in [5, 5.41) is 8.55. The number of nitrogens with zero attached hydrogens (tertiary/aromatic N) is 1. The number of carboxylic acids is 1. The van der Waals surface area contributed by atoms with E-state index < -0.39 is 21.5 Å². The van der Waals surface area contributed by atoms with Crippen LogP contribution in [0.15, 0.2) is 29.4 Å². The lowest BCUT2D eigenvalue weighted by Gasteiger charge is -2.24. The molecule has 0 aliphatic rings. The van der Waals surface area contributed by atoms with Gasteiger partial charge < -0.3 is 5.11 Å². The molecule has 2 N–H and O–H groups in total. The van der Waals surface area contributed by atoms with Gasteiger partial charge >= 0.3 is 5.97 Å². The van der Waals surface area contributed by atoms with Gasteiger partial charge in [0.1, 0.15) is 4.90 Å². The molecule has 6 nitrogen and oxygen atoms in total. The summed E-state index contributed by atoms with van der Waals surface area (Å²) in [6, 6.07) is 1.38. The van der Waals surface area contributed by atoms with Crippen molar-refractivity contribution in [3.63, 3.8) is 0 Å². The van der Waals surface area contributed by atoms with Crippen molar-refractivity contribution in [3.8, 4) is 0 Å². The fourth-order valence-corrected chi connectivity index (χ4v) is 2.82. The van der Waals surface area contributed by atoms with Crippen LogP contribution in [0.3, 0.4) is 0 Å². The van der Waals surface area contributed by atoms with Gasteiger partial charge in [0.15, 0.2) is 0 Å². The van der Waals surface area contributed by atoms with E-state index >= 15 is 0 Å².